The molecule has 0 radical (unpaired) electrons. The van der Waals surface area contributed by atoms with Gasteiger partial charge < -0.3 is 14.8 Å². The zero-order valence-corrected chi connectivity index (χ0v) is 11.7. The highest BCUT2D eigenvalue weighted by Gasteiger charge is 2.21. The van der Waals surface area contributed by atoms with Crippen LogP contribution in [0.25, 0.3) is 10.4 Å². The van der Waals surface area contributed by atoms with Crippen LogP contribution in [0.2, 0.25) is 0 Å². The van der Waals surface area contributed by atoms with Gasteiger partial charge in [0.2, 0.25) is 0 Å². The van der Waals surface area contributed by atoms with Crippen molar-refractivity contribution in [3.8, 4) is 0 Å². The quantitative estimate of drug-likeness (QED) is 0.345. The van der Waals surface area contributed by atoms with Crippen LogP contribution in [0.3, 0.4) is 0 Å². The zero-order chi connectivity index (χ0) is 14.9. The van der Waals surface area contributed by atoms with Crippen molar-refractivity contribution in [1.82, 2.24) is 5.32 Å². The van der Waals surface area contributed by atoms with E-state index in [0.29, 0.717) is 0 Å². The summed E-state index contributed by atoms with van der Waals surface area (Å²) < 4.78 is 9.82. The van der Waals surface area contributed by atoms with E-state index in [1.807, 2.05) is 0 Å². The number of azide groups is 1. The Morgan fingerprint density at radius 2 is 2.05 bits per heavy atom. The Labute approximate surface area is 112 Å². The molecule has 0 spiro atoms. The molecule has 108 valence electrons. The number of nitrogens with zero attached hydrogens (tertiary/aromatic N) is 3. The molecule has 0 saturated heterocycles. The number of esters is 1. The SMILES string of the molecule is CCOC(=O)C[C@@H](CN=[N+]=[N-])NC(=O)OC(C)(C)C. The fraction of sp³-hybridized carbons (Fsp3) is 0.818. The molecule has 1 atom stereocenters. The van der Waals surface area contributed by atoms with Gasteiger partial charge in [-0.05, 0) is 33.2 Å². The highest BCUT2D eigenvalue weighted by molar-refractivity contribution is 5.73. The summed E-state index contributed by atoms with van der Waals surface area (Å²) in [6.07, 6.45) is -0.749. The van der Waals surface area contributed by atoms with Crippen molar-refractivity contribution >= 4 is 12.1 Å². The van der Waals surface area contributed by atoms with Crippen molar-refractivity contribution in [2.24, 2.45) is 5.11 Å². The van der Waals surface area contributed by atoms with E-state index in [-0.39, 0.29) is 19.6 Å². The van der Waals surface area contributed by atoms with E-state index in [0.717, 1.165) is 0 Å². The lowest BCUT2D eigenvalue weighted by atomic mass is 10.2. The zero-order valence-electron chi connectivity index (χ0n) is 11.7. The van der Waals surface area contributed by atoms with Gasteiger partial charge in [0.25, 0.3) is 0 Å². The third kappa shape index (κ3) is 9.72. The van der Waals surface area contributed by atoms with Crippen LogP contribution in [0.5, 0.6) is 0 Å². The molecule has 1 N–H and O–H groups in total. The lowest BCUT2D eigenvalue weighted by molar-refractivity contribution is -0.143. The van der Waals surface area contributed by atoms with Crippen LogP contribution in [-0.4, -0.2) is 36.9 Å². The first-order chi connectivity index (χ1) is 8.78. The smallest absolute Gasteiger partial charge is 0.407 e. The number of hydrogen-bond acceptors (Lipinski definition) is 5. The normalized spacial score (nSPS) is 12.0. The summed E-state index contributed by atoms with van der Waals surface area (Å²) in [5.41, 5.74) is 7.63. The van der Waals surface area contributed by atoms with Gasteiger partial charge in [-0.1, -0.05) is 5.11 Å². The van der Waals surface area contributed by atoms with Gasteiger partial charge in [0.05, 0.1) is 13.0 Å². The predicted molar refractivity (Wildman–Crippen MR) is 68.4 cm³/mol. The van der Waals surface area contributed by atoms with E-state index >= 15 is 0 Å². The van der Waals surface area contributed by atoms with E-state index in [4.69, 9.17) is 15.0 Å². The molecule has 0 rings (SSSR count). The number of nitrogens with one attached hydrogen (secondary N) is 1. The first-order valence-corrected chi connectivity index (χ1v) is 5.94. The highest BCUT2D eigenvalue weighted by Crippen LogP contribution is 2.07. The fourth-order valence-corrected chi connectivity index (χ4v) is 1.19. The lowest BCUT2D eigenvalue weighted by Crippen LogP contribution is -2.42. The molecule has 0 bridgehead atoms. The third-order valence-corrected chi connectivity index (χ3v) is 1.80. The fourth-order valence-electron chi connectivity index (χ4n) is 1.19. The monoisotopic (exact) mass is 272 g/mol. The van der Waals surface area contributed by atoms with Gasteiger partial charge >= 0.3 is 12.1 Å². The molecule has 19 heavy (non-hydrogen) atoms. The summed E-state index contributed by atoms with van der Waals surface area (Å²) >= 11 is 0. The number of ether oxygens (including phenoxy) is 2. The minimum absolute atomic E-state index is 0.0471. The molecule has 0 aromatic rings. The number of alkyl carbamates (subject to hydrolysis) is 1. The number of carbonyl (C=O) groups is 2. The summed E-state index contributed by atoms with van der Waals surface area (Å²) in [6.45, 7) is 7.05. The second-order valence-electron chi connectivity index (χ2n) is 4.77. The van der Waals surface area contributed by atoms with E-state index in [2.05, 4.69) is 15.3 Å². The maximum absolute atomic E-state index is 11.6. The van der Waals surface area contributed by atoms with E-state index < -0.39 is 23.7 Å². The highest BCUT2D eigenvalue weighted by atomic mass is 16.6. The molecule has 0 heterocycles. The molecule has 1 amide bonds. The molecule has 0 saturated carbocycles. The Bertz CT molecular complexity index is 358. The van der Waals surface area contributed by atoms with Gasteiger partial charge in [0, 0.05) is 17.5 Å². The maximum atomic E-state index is 11.6. The summed E-state index contributed by atoms with van der Waals surface area (Å²) in [5, 5.41) is 5.81. The molecule has 0 aromatic carbocycles. The van der Waals surface area contributed by atoms with Gasteiger partial charge in [0.15, 0.2) is 0 Å². The first kappa shape index (κ1) is 17.1. The molecule has 0 aromatic heterocycles. The third-order valence-electron chi connectivity index (χ3n) is 1.80. The Morgan fingerprint density at radius 1 is 1.42 bits per heavy atom. The standard InChI is InChI=1S/C11H20N4O4/c1-5-18-9(16)6-8(7-13-15-12)14-10(17)19-11(2,3)4/h8H,5-7H2,1-4H3,(H,14,17)/t8-/m0/s1. The largest absolute Gasteiger partial charge is 0.466 e. The average Bonchev–Trinajstić information content (AvgIpc) is 2.23. The molecule has 0 fully saturated rings. The van der Waals surface area contributed by atoms with Crippen molar-refractivity contribution in [3.63, 3.8) is 0 Å². The summed E-state index contributed by atoms with van der Waals surface area (Å²) in [5.74, 6) is -0.475. The Hall–Kier alpha value is -1.95. The molecule has 0 aliphatic carbocycles. The van der Waals surface area contributed by atoms with Crippen molar-refractivity contribution in [3.05, 3.63) is 10.4 Å². The molecular formula is C11H20N4O4. The number of hydrogen-bond donors (Lipinski definition) is 1. The van der Waals surface area contributed by atoms with Crippen LogP contribution in [-0.2, 0) is 14.3 Å². The van der Waals surface area contributed by atoms with Gasteiger partial charge in [0.1, 0.15) is 5.60 Å². The summed E-state index contributed by atoms with van der Waals surface area (Å²) in [4.78, 5) is 25.5. The van der Waals surface area contributed by atoms with E-state index in [1.54, 1.807) is 27.7 Å². The molecule has 0 aliphatic heterocycles. The van der Waals surface area contributed by atoms with E-state index in [1.165, 1.54) is 0 Å². The topological polar surface area (TPSA) is 113 Å². The van der Waals surface area contributed by atoms with Gasteiger partial charge in [-0.2, -0.15) is 0 Å². The van der Waals surface area contributed by atoms with Crippen LogP contribution in [0, 0.1) is 0 Å². The Kier molecular flexibility index (Phi) is 7.36. The second kappa shape index (κ2) is 8.20. The van der Waals surface area contributed by atoms with Crippen LogP contribution < -0.4 is 5.32 Å². The first-order valence-electron chi connectivity index (χ1n) is 5.94. The van der Waals surface area contributed by atoms with E-state index in [9.17, 15) is 9.59 Å². The maximum Gasteiger partial charge on any atom is 0.407 e. The van der Waals surface area contributed by atoms with Crippen molar-refractivity contribution in [2.45, 2.75) is 45.8 Å². The van der Waals surface area contributed by atoms with Crippen molar-refractivity contribution in [2.75, 3.05) is 13.2 Å². The minimum Gasteiger partial charge on any atom is -0.466 e. The van der Waals surface area contributed by atoms with Crippen LogP contribution in [0.1, 0.15) is 34.1 Å². The minimum atomic E-state index is -0.671. The van der Waals surface area contributed by atoms with Crippen LogP contribution in [0.15, 0.2) is 5.11 Å². The molecule has 8 heteroatoms. The van der Waals surface area contributed by atoms with Gasteiger partial charge in [-0.25, -0.2) is 4.79 Å². The second-order valence-corrected chi connectivity index (χ2v) is 4.77. The van der Waals surface area contributed by atoms with Crippen molar-refractivity contribution in [1.29, 1.82) is 0 Å². The molecule has 0 aliphatic rings. The number of amides is 1. The lowest BCUT2D eigenvalue weighted by Gasteiger charge is -2.22. The van der Waals surface area contributed by atoms with Crippen LogP contribution >= 0.6 is 0 Å². The van der Waals surface area contributed by atoms with Crippen LogP contribution in [0.4, 0.5) is 4.79 Å². The summed E-state index contributed by atoms with van der Waals surface area (Å²) in [6, 6.07) is -0.648. The van der Waals surface area contributed by atoms with Gasteiger partial charge in [-0.3, -0.25) is 4.79 Å². The predicted octanol–water partition coefficient (Wildman–Crippen LogP) is 2.14. The van der Waals surface area contributed by atoms with Crippen molar-refractivity contribution < 1.29 is 19.1 Å². The molecule has 8 nitrogen and oxygen atoms in total. The Morgan fingerprint density at radius 3 is 2.53 bits per heavy atom. The number of rotatable bonds is 6. The average molecular weight is 272 g/mol. The number of carbonyl (C=O) groups excluding carboxylic acids is 2. The molecule has 0 unspecified atom stereocenters. The van der Waals surface area contributed by atoms with Gasteiger partial charge in [-0.15, -0.1) is 0 Å². The summed E-state index contributed by atoms with van der Waals surface area (Å²) in [7, 11) is 0. The molecular weight excluding hydrogens is 252 g/mol. The Balaban J connectivity index is 4.45.